The fourth-order valence-corrected chi connectivity index (χ4v) is 3.96. The van der Waals surface area contributed by atoms with Crippen LogP contribution in [0.3, 0.4) is 0 Å². The third-order valence-electron chi connectivity index (χ3n) is 6.11. The third kappa shape index (κ3) is 11.3. The molecule has 1 atom stereocenters. The fraction of sp³-hybridized carbons (Fsp3) is 0.533. The average molecular weight is 497 g/mol. The maximum atomic E-state index is 10.3. The number of nitrogens with two attached hydrogens (primary N) is 1. The Bertz CT molecular complexity index is 1010. The summed E-state index contributed by atoms with van der Waals surface area (Å²) in [7, 11) is 0. The van der Waals surface area contributed by atoms with E-state index in [0.717, 1.165) is 40.5 Å². The number of nitrogens with zero attached hydrogens (tertiary/aromatic N) is 2. The lowest BCUT2D eigenvalue weighted by atomic mass is 10.0. The Morgan fingerprint density at radius 3 is 2.25 bits per heavy atom. The smallest absolute Gasteiger partial charge is 0.211 e. The summed E-state index contributed by atoms with van der Waals surface area (Å²) in [6.45, 7) is 18.6. The summed E-state index contributed by atoms with van der Waals surface area (Å²) in [5.74, 6) is 2.01. The highest BCUT2D eigenvalue weighted by Gasteiger charge is 2.07. The van der Waals surface area contributed by atoms with Crippen molar-refractivity contribution in [3.8, 4) is 0 Å². The minimum atomic E-state index is 0.638. The van der Waals surface area contributed by atoms with Crippen LogP contribution in [0.25, 0.3) is 10.9 Å². The first-order valence-electron chi connectivity index (χ1n) is 13.4. The number of aryl methyl sites for hydroxylation is 2. The van der Waals surface area contributed by atoms with E-state index in [1.54, 1.807) is 12.3 Å². The zero-order chi connectivity index (χ0) is 26.9. The molecule has 1 amide bonds. The van der Waals surface area contributed by atoms with Crippen LogP contribution in [0.2, 0.25) is 0 Å². The van der Waals surface area contributed by atoms with Gasteiger partial charge in [0, 0.05) is 34.6 Å². The molecule has 1 unspecified atom stereocenters. The molecule has 0 aliphatic rings. The van der Waals surface area contributed by atoms with E-state index in [2.05, 4.69) is 55.9 Å². The standard InChI is InChI=1S/C12H21NO.C11H11N3O.C7H16/c1-4-7-13(8-5-2)10-12-6-9-14-11(12)3;1-7-4-10(12)9-5-8(13-6-15)2-3-11(9)14-7;1-4-6-7(3)5-2/h6,9H,4-5,7-8,10H2,1-3H3;2-6H,1H3,(H2,12,14)(H,13,15);7H,4-6H2,1-3H3. The van der Waals surface area contributed by atoms with Crippen LogP contribution in [0.4, 0.5) is 11.4 Å². The molecule has 6 nitrogen and oxygen atoms in total. The normalized spacial score (nSPS) is 11.3. The molecular formula is C30H48N4O2. The first-order valence-corrected chi connectivity index (χ1v) is 13.4. The topological polar surface area (TPSA) is 84.4 Å². The van der Waals surface area contributed by atoms with Gasteiger partial charge < -0.3 is 15.5 Å². The zero-order valence-corrected chi connectivity index (χ0v) is 23.6. The van der Waals surface area contributed by atoms with Gasteiger partial charge in [-0.2, -0.15) is 0 Å². The Hall–Kier alpha value is -2.86. The van der Waals surface area contributed by atoms with Crippen molar-refractivity contribution in [2.45, 2.75) is 87.1 Å². The number of carbonyl (C=O) groups is 1. The van der Waals surface area contributed by atoms with Gasteiger partial charge >= 0.3 is 0 Å². The predicted octanol–water partition coefficient (Wildman–Crippen LogP) is 7.74. The van der Waals surface area contributed by atoms with Crippen LogP contribution < -0.4 is 11.1 Å². The molecule has 1 aromatic carbocycles. The molecule has 3 N–H and O–H groups in total. The van der Waals surface area contributed by atoms with Gasteiger partial charge in [0.2, 0.25) is 6.41 Å². The summed E-state index contributed by atoms with van der Waals surface area (Å²) in [5, 5.41) is 3.43. The number of carbonyl (C=O) groups excluding carboxylic acids is 1. The van der Waals surface area contributed by atoms with Crippen molar-refractivity contribution in [1.82, 2.24) is 9.88 Å². The van der Waals surface area contributed by atoms with Gasteiger partial charge in [-0.25, -0.2) is 0 Å². The van der Waals surface area contributed by atoms with Gasteiger partial charge in [-0.05, 0) is 76.0 Å². The zero-order valence-electron chi connectivity index (χ0n) is 23.6. The first-order chi connectivity index (χ1) is 17.3. The number of hydrogen-bond donors (Lipinski definition) is 2. The van der Waals surface area contributed by atoms with Crippen LogP contribution in [0, 0.1) is 19.8 Å². The Kier molecular flexibility index (Phi) is 15.2. The largest absolute Gasteiger partial charge is 0.469 e. The van der Waals surface area contributed by atoms with Crippen molar-refractivity contribution in [2.75, 3.05) is 24.1 Å². The lowest BCUT2D eigenvalue weighted by Gasteiger charge is -2.20. The van der Waals surface area contributed by atoms with Crippen LogP contribution >= 0.6 is 0 Å². The highest BCUT2D eigenvalue weighted by Crippen LogP contribution is 2.23. The van der Waals surface area contributed by atoms with Gasteiger partial charge in [-0.1, -0.05) is 53.9 Å². The molecule has 3 rings (SSSR count). The molecule has 0 radical (unpaired) electrons. The molecule has 0 aliphatic heterocycles. The third-order valence-corrected chi connectivity index (χ3v) is 6.11. The van der Waals surface area contributed by atoms with Crippen molar-refractivity contribution in [3.05, 3.63) is 53.6 Å². The van der Waals surface area contributed by atoms with Gasteiger partial charge in [0.25, 0.3) is 0 Å². The van der Waals surface area contributed by atoms with Crippen molar-refractivity contribution >= 4 is 28.7 Å². The molecule has 2 heterocycles. The van der Waals surface area contributed by atoms with E-state index in [-0.39, 0.29) is 0 Å². The Balaban J connectivity index is 0.000000289. The average Bonchev–Trinajstić information content (AvgIpc) is 3.25. The van der Waals surface area contributed by atoms with Crippen LogP contribution in [0.15, 0.2) is 41.0 Å². The quantitative estimate of drug-likeness (QED) is 0.265. The second-order valence-corrected chi connectivity index (χ2v) is 9.43. The van der Waals surface area contributed by atoms with Crippen molar-refractivity contribution in [3.63, 3.8) is 0 Å². The number of benzene rings is 1. The minimum absolute atomic E-state index is 0.638. The Labute approximate surface area is 218 Å². The van der Waals surface area contributed by atoms with E-state index < -0.39 is 0 Å². The van der Waals surface area contributed by atoms with E-state index in [9.17, 15) is 4.79 Å². The molecule has 0 saturated carbocycles. The van der Waals surface area contributed by atoms with Gasteiger partial charge in [0.1, 0.15) is 5.76 Å². The number of nitrogens with one attached hydrogen (secondary N) is 1. The number of fused-ring (bicyclic) bond motifs is 1. The summed E-state index contributed by atoms with van der Waals surface area (Å²) in [6.07, 6.45) is 8.94. The maximum absolute atomic E-state index is 10.3. The molecule has 200 valence electrons. The van der Waals surface area contributed by atoms with Crippen LogP contribution in [0.1, 0.15) is 83.7 Å². The summed E-state index contributed by atoms with van der Waals surface area (Å²) >= 11 is 0. The molecular weight excluding hydrogens is 448 g/mol. The number of nitrogen functional groups attached to an aromatic ring is 1. The van der Waals surface area contributed by atoms with Crippen molar-refractivity contribution < 1.29 is 9.21 Å². The molecule has 36 heavy (non-hydrogen) atoms. The van der Waals surface area contributed by atoms with Gasteiger partial charge in [-0.15, -0.1) is 0 Å². The lowest BCUT2D eigenvalue weighted by molar-refractivity contribution is -0.105. The number of pyridine rings is 1. The second-order valence-electron chi connectivity index (χ2n) is 9.43. The van der Waals surface area contributed by atoms with Gasteiger partial charge in [0.05, 0.1) is 11.8 Å². The monoisotopic (exact) mass is 496 g/mol. The van der Waals surface area contributed by atoms with E-state index in [0.29, 0.717) is 12.1 Å². The molecule has 3 aromatic rings. The summed E-state index contributed by atoms with van der Waals surface area (Å²) in [4.78, 5) is 17.1. The van der Waals surface area contributed by atoms with Crippen LogP contribution in [-0.2, 0) is 11.3 Å². The number of rotatable bonds is 11. The van der Waals surface area contributed by atoms with E-state index in [1.165, 1.54) is 50.8 Å². The van der Waals surface area contributed by atoms with Gasteiger partial charge in [-0.3, -0.25) is 14.7 Å². The molecule has 0 spiro atoms. The fourth-order valence-electron chi connectivity index (χ4n) is 3.96. The number of furan rings is 1. The summed E-state index contributed by atoms with van der Waals surface area (Å²) in [5.41, 5.74) is 10.3. The second kappa shape index (κ2) is 17.6. The van der Waals surface area contributed by atoms with Crippen molar-refractivity contribution in [2.24, 2.45) is 5.92 Å². The van der Waals surface area contributed by atoms with Crippen LogP contribution in [0.5, 0.6) is 0 Å². The minimum Gasteiger partial charge on any atom is -0.469 e. The number of hydrogen-bond acceptors (Lipinski definition) is 5. The molecule has 0 fully saturated rings. The first kappa shape index (κ1) is 31.2. The van der Waals surface area contributed by atoms with Crippen molar-refractivity contribution in [1.29, 1.82) is 0 Å². The van der Waals surface area contributed by atoms with E-state index >= 15 is 0 Å². The SMILES string of the molecule is CCCC(C)CC.CCCN(CCC)Cc1ccoc1C.Cc1cc(N)c2cc(NC=O)ccc2n1. The number of anilines is 2. The molecule has 0 aliphatic carbocycles. The maximum Gasteiger partial charge on any atom is 0.211 e. The number of aromatic nitrogens is 1. The van der Waals surface area contributed by atoms with E-state index in [1.807, 2.05) is 32.0 Å². The summed E-state index contributed by atoms with van der Waals surface area (Å²) in [6, 6.07) is 9.33. The number of amides is 1. The lowest BCUT2D eigenvalue weighted by Crippen LogP contribution is -2.24. The predicted molar refractivity (Wildman–Crippen MR) is 154 cm³/mol. The Morgan fingerprint density at radius 1 is 1.06 bits per heavy atom. The van der Waals surface area contributed by atoms with E-state index in [4.69, 9.17) is 10.2 Å². The van der Waals surface area contributed by atoms with Gasteiger partial charge in [0.15, 0.2) is 0 Å². The Morgan fingerprint density at radius 2 is 1.75 bits per heavy atom. The molecule has 0 bridgehead atoms. The summed E-state index contributed by atoms with van der Waals surface area (Å²) < 4.78 is 5.29. The van der Waals surface area contributed by atoms with Crippen LogP contribution in [-0.4, -0.2) is 29.4 Å². The molecule has 2 aromatic heterocycles. The molecule has 6 heteroatoms. The highest BCUT2D eigenvalue weighted by molar-refractivity contribution is 5.93. The molecule has 0 saturated heterocycles. The highest BCUT2D eigenvalue weighted by atomic mass is 16.3.